The first-order chi connectivity index (χ1) is 13.0. The maximum Gasteiger partial charge on any atom is 0.355 e. The SMILES string of the molecule is COc1ccc(NC(=O)[C@@H](C)OC(=O)c2cc3ccccc3[nH]2)cc1OC. The lowest BCUT2D eigenvalue weighted by Gasteiger charge is -2.14. The Morgan fingerprint density at radius 1 is 1.00 bits per heavy atom. The van der Waals surface area contributed by atoms with Gasteiger partial charge in [0.05, 0.1) is 14.2 Å². The normalized spacial score (nSPS) is 11.7. The lowest BCUT2D eigenvalue weighted by atomic mass is 10.2. The summed E-state index contributed by atoms with van der Waals surface area (Å²) in [5.74, 6) is -0.0142. The van der Waals surface area contributed by atoms with Crippen molar-refractivity contribution in [3.05, 3.63) is 54.2 Å². The molecule has 7 heteroatoms. The zero-order valence-electron chi connectivity index (χ0n) is 15.2. The zero-order valence-corrected chi connectivity index (χ0v) is 15.2. The molecule has 3 aromatic rings. The van der Waals surface area contributed by atoms with Crippen LogP contribution >= 0.6 is 0 Å². The van der Waals surface area contributed by atoms with E-state index in [1.165, 1.54) is 21.1 Å². The number of ether oxygens (including phenoxy) is 3. The van der Waals surface area contributed by atoms with E-state index in [9.17, 15) is 9.59 Å². The highest BCUT2D eigenvalue weighted by atomic mass is 16.5. The van der Waals surface area contributed by atoms with Gasteiger partial charge in [-0.15, -0.1) is 0 Å². The van der Waals surface area contributed by atoms with E-state index in [1.807, 2.05) is 24.3 Å². The summed E-state index contributed by atoms with van der Waals surface area (Å²) < 4.78 is 15.6. The number of aromatic nitrogens is 1. The zero-order chi connectivity index (χ0) is 19.4. The summed E-state index contributed by atoms with van der Waals surface area (Å²) in [7, 11) is 3.04. The van der Waals surface area contributed by atoms with Gasteiger partial charge in [-0.25, -0.2) is 4.79 Å². The molecule has 0 spiro atoms. The molecule has 1 aromatic heterocycles. The number of para-hydroxylation sites is 1. The van der Waals surface area contributed by atoms with Crippen molar-refractivity contribution in [2.75, 3.05) is 19.5 Å². The van der Waals surface area contributed by atoms with Gasteiger partial charge in [-0.1, -0.05) is 18.2 Å². The monoisotopic (exact) mass is 368 g/mol. The van der Waals surface area contributed by atoms with Crippen LogP contribution in [0.1, 0.15) is 17.4 Å². The second-order valence-electron chi connectivity index (χ2n) is 5.88. The molecule has 3 rings (SSSR count). The van der Waals surface area contributed by atoms with Crippen molar-refractivity contribution in [1.82, 2.24) is 4.98 Å². The van der Waals surface area contributed by atoms with Crippen LogP contribution in [0.3, 0.4) is 0 Å². The van der Waals surface area contributed by atoms with Gasteiger partial charge in [0.2, 0.25) is 0 Å². The molecule has 1 heterocycles. The molecule has 0 aliphatic carbocycles. The van der Waals surface area contributed by atoms with E-state index in [-0.39, 0.29) is 0 Å². The van der Waals surface area contributed by atoms with E-state index in [4.69, 9.17) is 14.2 Å². The number of anilines is 1. The third-order valence-electron chi connectivity index (χ3n) is 4.05. The Morgan fingerprint density at radius 2 is 1.74 bits per heavy atom. The van der Waals surface area contributed by atoms with Gasteiger partial charge in [-0.05, 0) is 31.2 Å². The summed E-state index contributed by atoms with van der Waals surface area (Å²) in [4.78, 5) is 27.6. The van der Waals surface area contributed by atoms with Crippen LogP contribution in [-0.4, -0.2) is 37.2 Å². The van der Waals surface area contributed by atoms with Gasteiger partial charge < -0.3 is 24.5 Å². The molecule has 1 amide bonds. The van der Waals surface area contributed by atoms with Gasteiger partial charge in [0.1, 0.15) is 5.69 Å². The molecule has 0 saturated heterocycles. The molecule has 2 aromatic carbocycles. The highest BCUT2D eigenvalue weighted by Crippen LogP contribution is 2.29. The Kier molecular flexibility index (Phi) is 5.30. The molecule has 27 heavy (non-hydrogen) atoms. The highest BCUT2D eigenvalue weighted by Gasteiger charge is 2.20. The lowest BCUT2D eigenvalue weighted by Crippen LogP contribution is -2.30. The van der Waals surface area contributed by atoms with Gasteiger partial charge in [-0.3, -0.25) is 4.79 Å². The second kappa shape index (κ2) is 7.82. The molecule has 1 atom stereocenters. The third kappa shape index (κ3) is 4.03. The molecule has 2 N–H and O–H groups in total. The van der Waals surface area contributed by atoms with E-state index in [2.05, 4.69) is 10.3 Å². The Labute approximate surface area is 156 Å². The third-order valence-corrected chi connectivity index (χ3v) is 4.05. The highest BCUT2D eigenvalue weighted by molar-refractivity contribution is 5.99. The molecule has 0 aliphatic heterocycles. The van der Waals surface area contributed by atoms with Crippen molar-refractivity contribution in [3.8, 4) is 11.5 Å². The van der Waals surface area contributed by atoms with Crippen LogP contribution in [0.5, 0.6) is 11.5 Å². The van der Waals surface area contributed by atoms with Crippen molar-refractivity contribution in [2.45, 2.75) is 13.0 Å². The predicted octanol–water partition coefficient (Wildman–Crippen LogP) is 3.37. The van der Waals surface area contributed by atoms with Crippen molar-refractivity contribution in [2.24, 2.45) is 0 Å². The summed E-state index contributed by atoms with van der Waals surface area (Å²) >= 11 is 0. The summed E-state index contributed by atoms with van der Waals surface area (Å²) in [5.41, 5.74) is 1.63. The van der Waals surface area contributed by atoms with Crippen LogP contribution in [0.4, 0.5) is 5.69 Å². The van der Waals surface area contributed by atoms with Crippen LogP contribution in [0.2, 0.25) is 0 Å². The number of H-pyrrole nitrogens is 1. The number of fused-ring (bicyclic) bond motifs is 1. The summed E-state index contributed by atoms with van der Waals surface area (Å²) in [6.45, 7) is 1.51. The minimum absolute atomic E-state index is 0.293. The Morgan fingerprint density at radius 3 is 2.44 bits per heavy atom. The maximum atomic E-state index is 12.3. The summed E-state index contributed by atoms with van der Waals surface area (Å²) in [6, 6.07) is 14.2. The van der Waals surface area contributed by atoms with Gasteiger partial charge in [-0.2, -0.15) is 0 Å². The van der Waals surface area contributed by atoms with Gasteiger partial charge in [0, 0.05) is 22.7 Å². The van der Waals surface area contributed by atoms with E-state index < -0.39 is 18.0 Å². The number of hydrogen-bond acceptors (Lipinski definition) is 5. The largest absolute Gasteiger partial charge is 0.493 e. The smallest absolute Gasteiger partial charge is 0.355 e. The number of rotatable bonds is 6. The number of methoxy groups -OCH3 is 2. The molecule has 0 unspecified atom stereocenters. The topological polar surface area (TPSA) is 89.6 Å². The minimum atomic E-state index is -0.975. The number of nitrogens with one attached hydrogen (secondary N) is 2. The molecule has 0 aliphatic rings. The van der Waals surface area contributed by atoms with E-state index in [0.29, 0.717) is 22.9 Å². The van der Waals surface area contributed by atoms with Crippen LogP contribution in [0, 0.1) is 0 Å². The Hall–Kier alpha value is -3.48. The molecule has 0 radical (unpaired) electrons. The summed E-state index contributed by atoms with van der Waals surface area (Å²) in [6.07, 6.45) is -0.975. The number of hydrogen-bond donors (Lipinski definition) is 2. The fourth-order valence-corrected chi connectivity index (χ4v) is 2.62. The number of benzene rings is 2. The van der Waals surface area contributed by atoms with Crippen LogP contribution in [0.15, 0.2) is 48.5 Å². The molecule has 0 fully saturated rings. The standard InChI is InChI=1S/C20H20N2O5/c1-12(19(23)21-14-8-9-17(25-2)18(11-14)26-3)27-20(24)16-10-13-6-4-5-7-15(13)22-16/h4-12,22H,1-3H3,(H,21,23)/t12-/m1/s1. The maximum absolute atomic E-state index is 12.3. The molecule has 0 bridgehead atoms. The lowest BCUT2D eigenvalue weighted by molar-refractivity contribution is -0.123. The first kappa shape index (κ1) is 18.3. The molecular formula is C20H20N2O5. The average molecular weight is 368 g/mol. The Bertz CT molecular complexity index is 946. The fraction of sp³-hybridized carbons (Fsp3) is 0.200. The quantitative estimate of drug-likeness (QED) is 0.651. The first-order valence-electron chi connectivity index (χ1n) is 8.33. The second-order valence-corrected chi connectivity index (χ2v) is 5.88. The van der Waals surface area contributed by atoms with E-state index in [0.717, 1.165) is 10.9 Å². The van der Waals surface area contributed by atoms with Crippen LogP contribution in [0.25, 0.3) is 10.9 Å². The van der Waals surface area contributed by atoms with Gasteiger partial charge in [0.25, 0.3) is 5.91 Å². The first-order valence-corrected chi connectivity index (χ1v) is 8.33. The van der Waals surface area contributed by atoms with Crippen molar-refractivity contribution >= 4 is 28.5 Å². The van der Waals surface area contributed by atoms with E-state index >= 15 is 0 Å². The Balaban J connectivity index is 1.65. The predicted molar refractivity (Wildman–Crippen MR) is 101 cm³/mol. The van der Waals surface area contributed by atoms with Crippen molar-refractivity contribution in [3.63, 3.8) is 0 Å². The molecule has 140 valence electrons. The van der Waals surface area contributed by atoms with Gasteiger partial charge in [0.15, 0.2) is 17.6 Å². The number of esters is 1. The minimum Gasteiger partial charge on any atom is -0.493 e. The average Bonchev–Trinajstić information content (AvgIpc) is 3.12. The van der Waals surface area contributed by atoms with Crippen LogP contribution < -0.4 is 14.8 Å². The number of carbonyl (C=O) groups excluding carboxylic acids is 2. The number of carbonyl (C=O) groups is 2. The molecular weight excluding hydrogens is 348 g/mol. The van der Waals surface area contributed by atoms with E-state index in [1.54, 1.807) is 24.3 Å². The fourth-order valence-electron chi connectivity index (χ4n) is 2.62. The number of aromatic amines is 1. The molecule has 0 saturated carbocycles. The molecule has 7 nitrogen and oxygen atoms in total. The summed E-state index contributed by atoms with van der Waals surface area (Å²) in [5, 5.41) is 3.58. The van der Waals surface area contributed by atoms with Crippen molar-refractivity contribution < 1.29 is 23.8 Å². The van der Waals surface area contributed by atoms with Crippen molar-refractivity contribution in [1.29, 1.82) is 0 Å². The van der Waals surface area contributed by atoms with Gasteiger partial charge >= 0.3 is 5.97 Å². The van der Waals surface area contributed by atoms with Crippen LogP contribution in [-0.2, 0) is 9.53 Å². The number of amides is 1.